The standard InChI is InChI=1S/C14H15NOS/c1-3-11-6-7-13(17-11)14(16)12-8-10(15)5-4-9(12)2/h4-8H,3,15H2,1-2H3. The van der Waals surface area contributed by atoms with Crippen molar-refractivity contribution >= 4 is 22.8 Å². The molecule has 0 aliphatic carbocycles. The number of hydrogen-bond acceptors (Lipinski definition) is 3. The van der Waals surface area contributed by atoms with Crippen LogP contribution in [-0.2, 0) is 6.42 Å². The number of benzene rings is 1. The maximum atomic E-state index is 12.3. The Bertz CT molecular complexity index is 557. The number of thiophene rings is 1. The first kappa shape index (κ1) is 11.9. The molecular formula is C14H15NOS. The molecule has 2 rings (SSSR count). The Morgan fingerprint density at radius 1 is 1.29 bits per heavy atom. The Morgan fingerprint density at radius 2 is 2.06 bits per heavy atom. The number of aryl methyl sites for hydroxylation is 2. The minimum absolute atomic E-state index is 0.0690. The lowest BCUT2D eigenvalue weighted by Gasteiger charge is -2.04. The highest BCUT2D eigenvalue weighted by Crippen LogP contribution is 2.23. The molecule has 0 atom stereocenters. The highest BCUT2D eigenvalue weighted by Gasteiger charge is 2.14. The van der Waals surface area contributed by atoms with Crippen LogP contribution in [0.25, 0.3) is 0 Å². The summed E-state index contributed by atoms with van der Waals surface area (Å²) in [5.41, 5.74) is 8.03. The number of anilines is 1. The van der Waals surface area contributed by atoms with E-state index < -0.39 is 0 Å². The second-order valence-electron chi connectivity index (χ2n) is 4.02. The van der Waals surface area contributed by atoms with Gasteiger partial charge in [-0.05, 0) is 43.2 Å². The number of ketones is 1. The Balaban J connectivity index is 2.39. The first-order chi connectivity index (χ1) is 8.11. The van der Waals surface area contributed by atoms with Gasteiger partial charge >= 0.3 is 0 Å². The SMILES string of the molecule is CCc1ccc(C(=O)c2cc(N)ccc2C)s1. The van der Waals surface area contributed by atoms with E-state index in [4.69, 9.17) is 5.73 Å². The highest BCUT2D eigenvalue weighted by molar-refractivity contribution is 7.14. The summed E-state index contributed by atoms with van der Waals surface area (Å²) in [5.74, 6) is 0.0690. The fourth-order valence-corrected chi connectivity index (χ4v) is 2.61. The van der Waals surface area contributed by atoms with Gasteiger partial charge in [-0.3, -0.25) is 4.79 Å². The summed E-state index contributed by atoms with van der Waals surface area (Å²) in [7, 11) is 0. The van der Waals surface area contributed by atoms with Crippen molar-refractivity contribution < 1.29 is 4.79 Å². The quantitative estimate of drug-likeness (QED) is 0.665. The lowest BCUT2D eigenvalue weighted by atomic mass is 10.0. The molecule has 1 aromatic heterocycles. The van der Waals surface area contributed by atoms with Crippen LogP contribution in [0.15, 0.2) is 30.3 Å². The molecule has 2 nitrogen and oxygen atoms in total. The summed E-state index contributed by atoms with van der Waals surface area (Å²) in [5, 5.41) is 0. The van der Waals surface area contributed by atoms with Crippen LogP contribution in [-0.4, -0.2) is 5.78 Å². The van der Waals surface area contributed by atoms with E-state index in [9.17, 15) is 4.79 Å². The van der Waals surface area contributed by atoms with Gasteiger partial charge < -0.3 is 5.73 Å². The Hall–Kier alpha value is -1.61. The van der Waals surface area contributed by atoms with Gasteiger partial charge in [0.15, 0.2) is 0 Å². The molecule has 0 radical (unpaired) electrons. The van der Waals surface area contributed by atoms with Gasteiger partial charge in [-0.1, -0.05) is 13.0 Å². The second kappa shape index (κ2) is 4.72. The molecule has 88 valence electrons. The van der Waals surface area contributed by atoms with Gasteiger partial charge in [0.1, 0.15) is 0 Å². The fourth-order valence-electron chi connectivity index (χ4n) is 1.71. The number of nitrogen functional groups attached to an aromatic ring is 1. The Kier molecular flexibility index (Phi) is 3.29. The minimum Gasteiger partial charge on any atom is -0.399 e. The van der Waals surface area contributed by atoms with E-state index in [-0.39, 0.29) is 5.78 Å². The van der Waals surface area contributed by atoms with E-state index in [2.05, 4.69) is 6.92 Å². The van der Waals surface area contributed by atoms with Gasteiger partial charge in [0.2, 0.25) is 5.78 Å². The molecule has 0 spiro atoms. The molecule has 1 aromatic carbocycles. The zero-order valence-corrected chi connectivity index (χ0v) is 10.8. The van der Waals surface area contributed by atoms with E-state index >= 15 is 0 Å². The number of nitrogens with two attached hydrogens (primary N) is 1. The van der Waals surface area contributed by atoms with Crippen molar-refractivity contribution in [2.45, 2.75) is 20.3 Å². The van der Waals surface area contributed by atoms with Crippen molar-refractivity contribution in [3.05, 3.63) is 51.2 Å². The van der Waals surface area contributed by atoms with Crippen LogP contribution in [0.1, 0.15) is 32.6 Å². The van der Waals surface area contributed by atoms with Crippen molar-refractivity contribution in [3.8, 4) is 0 Å². The number of rotatable bonds is 3. The summed E-state index contributed by atoms with van der Waals surface area (Å²) >= 11 is 1.56. The normalized spacial score (nSPS) is 10.5. The zero-order valence-electron chi connectivity index (χ0n) is 9.99. The molecule has 2 aromatic rings. The average Bonchev–Trinajstić information content (AvgIpc) is 2.80. The van der Waals surface area contributed by atoms with Crippen molar-refractivity contribution in [1.29, 1.82) is 0 Å². The van der Waals surface area contributed by atoms with E-state index in [0.29, 0.717) is 11.3 Å². The summed E-state index contributed by atoms with van der Waals surface area (Å²) in [4.78, 5) is 14.3. The summed E-state index contributed by atoms with van der Waals surface area (Å²) in [6.45, 7) is 4.02. The van der Waals surface area contributed by atoms with Crippen LogP contribution in [0.2, 0.25) is 0 Å². The largest absolute Gasteiger partial charge is 0.399 e. The third-order valence-corrected chi connectivity index (χ3v) is 3.97. The minimum atomic E-state index is 0.0690. The molecule has 0 aliphatic heterocycles. The van der Waals surface area contributed by atoms with Gasteiger partial charge in [-0.15, -0.1) is 11.3 Å². The first-order valence-electron chi connectivity index (χ1n) is 5.61. The van der Waals surface area contributed by atoms with Crippen LogP contribution < -0.4 is 5.73 Å². The van der Waals surface area contributed by atoms with Crippen molar-refractivity contribution in [2.75, 3.05) is 5.73 Å². The molecule has 0 unspecified atom stereocenters. The molecule has 0 amide bonds. The van der Waals surface area contributed by atoms with Gasteiger partial charge in [0.05, 0.1) is 4.88 Å². The van der Waals surface area contributed by atoms with E-state index in [1.807, 2.05) is 31.2 Å². The van der Waals surface area contributed by atoms with Gasteiger partial charge in [0, 0.05) is 16.1 Å². The molecule has 0 aliphatic rings. The topological polar surface area (TPSA) is 43.1 Å². The first-order valence-corrected chi connectivity index (χ1v) is 6.43. The summed E-state index contributed by atoms with van der Waals surface area (Å²) < 4.78 is 0. The molecule has 0 saturated carbocycles. The van der Waals surface area contributed by atoms with Crippen LogP contribution in [0, 0.1) is 6.92 Å². The molecule has 0 bridgehead atoms. The zero-order chi connectivity index (χ0) is 12.4. The predicted octanol–water partition coefficient (Wildman–Crippen LogP) is 3.43. The predicted molar refractivity (Wildman–Crippen MR) is 72.7 cm³/mol. The lowest BCUT2D eigenvalue weighted by molar-refractivity contribution is 0.104. The maximum absolute atomic E-state index is 12.3. The van der Waals surface area contributed by atoms with Crippen LogP contribution in [0.5, 0.6) is 0 Å². The van der Waals surface area contributed by atoms with Crippen LogP contribution in [0.3, 0.4) is 0 Å². The molecule has 0 fully saturated rings. The third kappa shape index (κ3) is 2.39. The summed E-state index contributed by atoms with van der Waals surface area (Å²) in [6.07, 6.45) is 0.966. The second-order valence-corrected chi connectivity index (χ2v) is 5.19. The third-order valence-electron chi connectivity index (χ3n) is 2.74. The van der Waals surface area contributed by atoms with E-state index in [0.717, 1.165) is 16.9 Å². The van der Waals surface area contributed by atoms with Crippen LogP contribution >= 0.6 is 11.3 Å². The van der Waals surface area contributed by atoms with Crippen molar-refractivity contribution in [2.24, 2.45) is 0 Å². The summed E-state index contributed by atoms with van der Waals surface area (Å²) in [6, 6.07) is 9.37. The number of carbonyl (C=O) groups excluding carboxylic acids is 1. The number of carbonyl (C=O) groups is 1. The monoisotopic (exact) mass is 245 g/mol. The average molecular weight is 245 g/mol. The molecule has 3 heteroatoms. The Morgan fingerprint density at radius 3 is 2.71 bits per heavy atom. The van der Waals surface area contributed by atoms with Crippen molar-refractivity contribution in [3.63, 3.8) is 0 Å². The van der Waals surface area contributed by atoms with Crippen molar-refractivity contribution in [1.82, 2.24) is 0 Å². The van der Waals surface area contributed by atoms with Gasteiger partial charge in [-0.25, -0.2) is 0 Å². The van der Waals surface area contributed by atoms with Gasteiger partial charge in [0.25, 0.3) is 0 Å². The van der Waals surface area contributed by atoms with E-state index in [1.165, 1.54) is 4.88 Å². The fraction of sp³-hybridized carbons (Fsp3) is 0.214. The highest BCUT2D eigenvalue weighted by atomic mass is 32.1. The molecule has 1 heterocycles. The molecule has 17 heavy (non-hydrogen) atoms. The number of hydrogen-bond donors (Lipinski definition) is 1. The van der Waals surface area contributed by atoms with Crippen LogP contribution in [0.4, 0.5) is 5.69 Å². The van der Waals surface area contributed by atoms with E-state index in [1.54, 1.807) is 17.4 Å². The maximum Gasteiger partial charge on any atom is 0.203 e. The van der Waals surface area contributed by atoms with Gasteiger partial charge in [-0.2, -0.15) is 0 Å². The smallest absolute Gasteiger partial charge is 0.203 e. The lowest BCUT2D eigenvalue weighted by Crippen LogP contribution is -2.02. The molecule has 0 saturated heterocycles. The molecular weight excluding hydrogens is 230 g/mol. The Labute approximate surface area is 105 Å². The molecule has 2 N–H and O–H groups in total.